The molecule has 0 saturated carbocycles. The molecule has 3 nitrogen and oxygen atoms in total. The number of hydrogen-bond acceptors (Lipinski definition) is 2. The molecule has 100 valence electrons. The molecule has 0 atom stereocenters. The van der Waals surface area contributed by atoms with Gasteiger partial charge in [0.05, 0.1) is 13.2 Å². The zero-order chi connectivity index (χ0) is 13.5. The fourth-order valence-corrected chi connectivity index (χ4v) is 2.01. The highest BCUT2D eigenvalue weighted by Gasteiger charge is 2.11. The van der Waals surface area contributed by atoms with Crippen LogP contribution >= 0.6 is 15.9 Å². The van der Waals surface area contributed by atoms with Crippen LogP contribution in [0.3, 0.4) is 0 Å². The van der Waals surface area contributed by atoms with E-state index in [9.17, 15) is 4.79 Å². The van der Waals surface area contributed by atoms with E-state index in [0.29, 0.717) is 19.8 Å². The number of carbonyl (C=O) groups excluding carboxylic acids is 1. The Bertz CT molecular complexity index is 387. The smallest absolute Gasteiger partial charge is 0.253 e. The number of rotatable bonds is 6. The molecule has 0 aliphatic rings. The summed E-state index contributed by atoms with van der Waals surface area (Å²) in [4.78, 5) is 13.9. The number of ether oxygens (including phenoxy) is 1. The minimum absolute atomic E-state index is 0.0456. The molecule has 0 fully saturated rings. The first kappa shape index (κ1) is 15.2. The Labute approximate surface area is 117 Å². The Morgan fingerprint density at radius 1 is 1.22 bits per heavy atom. The van der Waals surface area contributed by atoms with Crippen LogP contribution in [-0.2, 0) is 4.74 Å². The molecular weight excluding hydrogens is 294 g/mol. The number of halogens is 1. The van der Waals surface area contributed by atoms with Crippen molar-refractivity contribution in [3.8, 4) is 0 Å². The second-order valence-electron chi connectivity index (χ2n) is 4.40. The van der Waals surface area contributed by atoms with E-state index < -0.39 is 0 Å². The van der Waals surface area contributed by atoms with Crippen molar-refractivity contribution in [3.05, 3.63) is 34.9 Å². The molecule has 1 aromatic rings. The molecule has 0 unspecified atom stereocenters. The molecular formula is C14H20BrNO2. The summed E-state index contributed by atoms with van der Waals surface area (Å²) in [7, 11) is 1.80. The zero-order valence-electron chi connectivity index (χ0n) is 11.2. The molecule has 0 N–H and O–H groups in total. The maximum absolute atomic E-state index is 12.2. The molecule has 4 heteroatoms. The van der Waals surface area contributed by atoms with Crippen molar-refractivity contribution in [1.29, 1.82) is 0 Å². The second kappa shape index (κ2) is 7.54. The molecule has 0 spiro atoms. The molecule has 1 rings (SSSR count). The number of alkyl halides is 1. The molecule has 0 radical (unpaired) electrons. The summed E-state index contributed by atoms with van der Waals surface area (Å²) in [6.45, 7) is 5.86. The number of aryl methyl sites for hydroxylation is 2. The van der Waals surface area contributed by atoms with Crippen molar-refractivity contribution in [2.75, 3.05) is 32.1 Å². The number of amides is 1. The van der Waals surface area contributed by atoms with Gasteiger partial charge in [0.1, 0.15) is 0 Å². The monoisotopic (exact) mass is 313 g/mol. The van der Waals surface area contributed by atoms with E-state index >= 15 is 0 Å². The summed E-state index contributed by atoms with van der Waals surface area (Å²) >= 11 is 3.29. The van der Waals surface area contributed by atoms with Crippen molar-refractivity contribution in [2.24, 2.45) is 0 Å². The van der Waals surface area contributed by atoms with E-state index in [1.54, 1.807) is 11.9 Å². The van der Waals surface area contributed by atoms with Gasteiger partial charge in [-0.25, -0.2) is 0 Å². The van der Waals surface area contributed by atoms with Crippen molar-refractivity contribution < 1.29 is 9.53 Å². The zero-order valence-corrected chi connectivity index (χ0v) is 12.8. The molecule has 1 amide bonds. The molecule has 0 aromatic heterocycles. The van der Waals surface area contributed by atoms with Crippen LogP contribution in [0.4, 0.5) is 0 Å². The van der Waals surface area contributed by atoms with Crippen LogP contribution < -0.4 is 0 Å². The number of nitrogens with zero attached hydrogens (tertiary/aromatic N) is 1. The standard InChI is InChI=1S/C14H20BrNO2/c1-11-8-12(2)10-13(9-11)14(17)16(3)5-7-18-6-4-15/h8-10H,4-7H2,1-3H3. The number of hydrogen-bond donors (Lipinski definition) is 0. The lowest BCUT2D eigenvalue weighted by atomic mass is 10.1. The van der Waals surface area contributed by atoms with Crippen LogP contribution in [0.15, 0.2) is 18.2 Å². The summed E-state index contributed by atoms with van der Waals surface area (Å²) < 4.78 is 5.35. The number of benzene rings is 1. The minimum Gasteiger partial charge on any atom is -0.379 e. The Morgan fingerprint density at radius 3 is 2.39 bits per heavy atom. The lowest BCUT2D eigenvalue weighted by Crippen LogP contribution is -2.30. The third kappa shape index (κ3) is 4.78. The molecule has 0 aliphatic heterocycles. The number of likely N-dealkylation sites (N-methyl/N-ethyl adjacent to an activating group) is 1. The fourth-order valence-electron chi connectivity index (χ4n) is 1.78. The first-order valence-electron chi connectivity index (χ1n) is 6.02. The average molecular weight is 314 g/mol. The van der Waals surface area contributed by atoms with Crippen molar-refractivity contribution in [3.63, 3.8) is 0 Å². The molecule has 18 heavy (non-hydrogen) atoms. The Morgan fingerprint density at radius 2 is 1.83 bits per heavy atom. The largest absolute Gasteiger partial charge is 0.379 e. The third-order valence-corrected chi connectivity index (χ3v) is 2.93. The summed E-state index contributed by atoms with van der Waals surface area (Å²) in [6, 6.07) is 5.91. The van der Waals surface area contributed by atoms with E-state index in [1.165, 1.54) is 0 Å². The Hall–Kier alpha value is -0.870. The second-order valence-corrected chi connectivity index (χ2v) is 5.20. The highest BCUT2D eigenvalue weighted by atomic mass is 79.9. The number of carbonyl (C=O) groups is 1. The molecule has 0 aliphatic carbocycles. The van der Waals surface area contributed by atoms with Crippen molar-refractivity contribution in [1.82, 2.24) is 4.90 Å². The maximum atomic E-state index is 12.2. The Kier molecular flexibility index (Phi) is 6.36. The Balaban J connectivity index is 2.57. The molecule has 0 saturated heterocycles. The van der Waals surface area contributed by atoms with Crippen LogP contribution in [0.1, 0.15) is 21.5 Å². The van der Waals surface area contributed by atoms with Gasteiger partial charge in [0.2, 0.25) is 0 Å². The lowest BCUT2D eigenvalue weighted by Gasteiger charge is -2.17. The van der Waals surface area contributed by atoms with Crippen LogP contribution in [0, 0.1) is 13.8 Å². The highest BCUT2D eigenvalue weighted by Crippen LogP contribution is 2.10. The highest BCUT2D eigenvalue weighted by molar-refractivity contribution is 9.09. The quantitative estimate of drug-likeness (QED) is 0.597. The fraction of sp³-hybridized carbons (Fsp3) is 0.500. The summed E-state index contributed by atoms with van der Waals surface area (Å²) in [6.07, 6.45) is 0. The van der Waals surface area contributed by atoms with Crippen LogP contribution in [-0.4, -0.2) is 42.9 Å². The topological polar surface area (TPSA) is 29.5 Å². The molecule has 1 aromatic carbocycles. The lowest BCUT2D eigenvalue weighted by molar-refractivity contribution is 0.0713. The van der Waals surface area contributed by atoms with Gasteiger partial charge in [0, 0.05) is 24.5 Å². The van der Waals surface area contributed by atoms with Crippen LogP contribution in [0.2, 0.25) is 0 Å². The first-order chi connectivity index (χ1) is 8.54. The van der Waals surface area contributed by atoms with Crippen LogP contribution in [0.25, 0.3) is 0 Å². The van der Waals surface area contributed by atoms with Gasteiger partial charge in [-0.15, -0.1) is 0 Å². The van der Waals surface area contributed by atoms with E-state index in [-0.39, 0.29) is 5.91 Å². The van der Waals surface area contributed by atoms with E-state index in [2.05, 4.69) is 22.0 Å². The SMILES string of the molecule is Cc1cc(C)cc(C(=O)N(C)CCOCCBr)c1. The predicted molar refractivity (Wildman–Crippen MR) is 77.5 cm³/mol. The minimum atomic E-state index is 0.0456. The normalized spacial score (nSPS) is 10.4. The van der Waals surface area contributed by atoms with Gasteiger partial charge in [-0.05, 0) is 26.0 Å². The van der Waals surface area contributed by atoms with Gasteiger partial charge in [0.15, 0.2) is 0 Å². The van der Waals surface area contributed by atoms with Crippen LogP contribution in [0.5, 0.6) is 0 Å². The van der Waals surface area contributed by atoms with E-state index in [1.807, 2.05) is 26.0 Å². The average Bonchev–Trinajstić information content (AvgIpc) is 2.32. The van der Waals surface area contributed by atoms with Crippen molar-refractivity contribution in [2.45, 2.75) is 13.8 Å². The summed E-state index contributed by atoms with van der Waals surface area (Å²) in [5, 5.41) is 0.821. The third-order valence-electron chi connectivity index (χ3n) is 2.61. The van der Waals surface area contributed by atoms with Gasteiger partial charge in [-0.2, -0.15) is 0 Å². The van der Waals surface area contributed by atoms with Gasteiger partial charge in [-0.3, -0.25) is 4.79 Å². The maximum Gasteiger partial charge on any atom is 0.253 e. The summed E-state index contributed by atoms with van der Waals surface area (Å²) in [5.41, 5.74) is 2.97. The van der Waals surface area contributed by atoms with Gasteiger partial charge >= 0.3 is 0 Å². The van der Waals surface area contributed by atoms with Gasteiger partial charge < -0.3 is 9.64 Å². The first-order valence-corrected chi connectivity index (χ1v) is 7.14. The predicted octanol–water partition coefficient (Wildman–Crippen LogP) is 2.79. The van der Waals surface area contributed by atoms with E-state index in [0.717, 1.165) is 22.0 Å². The summed E-state index contributed by atoms with van der Waals surface area (Å²) in [5.74, 6) is 0.0456. The molecule has 0 bridgehead atoms. The van der Waals surface area contributed by atoms with E-state index in [4.69, 9.17) is 4.74 Å². The molecule has 0 heterocycles. The van der Waals surface area contributed by atoms with Gasteiger partial charge in [0.25, 0.3) is 5.91 Å². The van der Waals surface area contributed by atoms with Gasteiger partial charge in [-0.1, -0.05) is 33.1 Å². The van der Waals surface area contributed by atoms with Crippen molar-refractivity contribution >= 4 is 21.8 Å².